The molecule has 112 valence electrons. The number of nitrogens with zero attached hydrogens (tertiary/aromatic N) is 1. The molecule has 0 aromatic heterocycles. The summed E-state index contributed by atoms with van der Waals surface area (Å²) in [7, 11) is -1.65. The molecule has 0 atom stereocenters. The van der Waals surface area contributed by atoms with Gasteiger partial charge in [0.25, 0.3) is 0 Å². The van der Waals surface area contributed by atoms with Crippen LogP contribution in [0.5, 0.6) is 0 Å². The van der Waals surface area contributed by atoms with Gasteiger partial charge >= 0.3 is 0 Å². The van der Waals surface area contributed by atoms with Crippen LogP contribution in [0.25, 0.3) is 0 Å². The van der Waals surface area contributed by atoms with Gasteiger partial charge in [-0.2, -0.15) is 4.31 Å². The Bertz CT molecular complexity index is 570. The van der Waals surface area contributed by atoms with Gasteiger partial charge in [-0.05, 0) is 38.6 Å². The molecule has 1 aliphatic heterocycles. The first-order valence-corrected chi connectivity index (χ1v) is 8.16. The van der Waals surface area contributed by atoms with E-state index in [1.165, 1.54) is 0 Å². The highest BCUT2D eigenvalue weighted by Crippen LogP contribution is 2.27. The van der Waals surface area contributed by atoms with Gasteiger partial charge < -0.3 is 10.1 Å². The van der Waals surface area contributed by atoms with Crippen LogP contribution < -0.4 is 5.32 Å². The molecule has 0 aliphatic carbocycles. The zero-order valence-electron chi connectivity index (χ0n) is 12.2. The molecule has 1 saturated heterocycles. The Labute approximate surface area is 121 Å². The van der Waals surface area contributed by atoms with E-state index in [1.807, 2.05) is 27.0 Å². The van der Waals surface area contributed by atoms with E-state index in [0.29, 0.717) is 31.2 Å². The average molecular weight is 298 g/mol. The van der Waals surface area contributed by atoms with Gasteiger partial charge in [-0.3, -0.25) is 0 Å². The summed E-state index contributed by atoms with van der Waals surface area (Å²) in [6.45, 7) is 5.69. The van der Waals surface area contributed by atoms with Crippen molar-refractivity contribution in [2.45, 2.75) is 30.8 Å². The lowest BCUT2D eigenvalue weighted by Crippen LogP contribution is -2.55. The Morgan fingerprint density at radius 3 is 2.80 bits per heavy atom. The zero-order valence-corrected chi connectivity index (χ0v) is 13.0. The normalized spacial score (nSPS) is 19.9. The first-order valence-electron chi connectivity index (χ1n) is 6.72. The van der Waals surface area contributed by atoms with Gasteiger partial charge in [0.1, 0.15) is 0 Å². The van der Waals surface area contributed by atoms with Crippen LogP contribution in [0.15, 0.2) is 29.2 Å². The van der Waals surface area contributed by atoms with E-state index in [1.54, 1.807) is 22.5 Å². The van der Waals surface area contributed by atoms with Crippen LogP contribution in [0.2, 0.25) is 0 Å². The second-order valence-corrected chi connectivity index (χ2v) is 7.48. The first-order chi connectivity index (χ1) is 9.38. The SMILES string of the molecule is CNCc1cccc(S(=O)(=O)N2CCOCC2(C)C)c1. The fourth-order valence-electron chi connectivity index (χ4n) is 2.44. The summed E-state index contributed by atoms with van der Waals surface area (Å²) in [6, 6.07) is 7.09. The minimum absolute atomic E-state index is 0.347. The number of morpholine rings is 1. The standard InChI is InChI=1S/C14H22N2O3S/c1-14(2)11-19-8-7-16(14)20(17,18)13-6-4-5-12(9-13)10-15-3/h4-6,9,15H,7-8,10-11H2,1-3H3. The van der Waals surface area contributed by atoms with Crippen molar-refractivity contribution in [1.82, 2.24) is 9.62 Å². The van der Waals surface area contributed by atoms with Gasteiger partial charge in [0.2, 0.25) is 10.0 Å². The predicted molar refractivity (Wildman–Crippen MR) is 78.0 cm³/mol. The topological polar surface area (TPSA) is 58.6 Å². The van der Waals surface area contributed by atoms with Gasteiger partial charge in [-0.25, -0.2) is 8.42 Å². The largest absolute Gasteiger partial charge is 0.378 e. The first kappa shape index (κ1) is 15.4. The molecule has 1 aromatic rings. The summed E-state index contributed by atoms with van der Waals surface area (Å²) >= 11 is 0. The molecular formula is C14H22N2O3S. The van der Waals surface area contributed by atoms with E-state index in [4.69, 9.17) is 4.74 Å². The molecule has 2 rings (SSSR count). The third kappa shape index (κ3) is 3.03. The Morgan fingerprint density at radius 2 is 2.15 bits per heavy atom. The Balaban J connectivity index is 2.36. The van der Waals surface area contributed by atoms with Gasteiger partial charge in [0.05, 0.1) is 23.6 Å². The monoisotopic (exact) mass is 298 g/mol. The maximum absolute atomic E-state index is 12.8. The van der Waals surface area contributed by atoms with Crippen molar-refractivity contribution in [2.75, 3.05) is 26.8 Å². The van der Waals surface area contributed by atoms with Gasteiger partial charge in [-0.1, -0.05) is 12.1 Å². The maximum Gasteiger partial charge on any atom is 0.243 e. The minimum atomic E-state index is -3.48. The van der Waals surface area contributed by atoms with E-state index in [-0.39, 0.29) is 0 Å². The Kier molecular flexibility index (Phi) is 4.49. The molecule has 20 heavy (non-hydrogen) atoms. The number of benzene rings is 1. The summed E-state index contributed by atoms with van der Waals surface area (Å²) < 4.78 is 32.6. The van der Waals surface area contributed by atoms with Crippen LogP contribution in [0.4, 0.5) is 0 Å². The molecule has 1 aliphatic rings. The molecule has 1 fully saturated rings. The fourth-order valence-corrected chi connectivity index (χ4v) is 4.26. The second-order valence-electron chi connectivity index (χ2n) is 5.62. The van der Waals surface area contributed by atoms with Crippen molar-refractivity contribution < 1.29 is 13.2 Å². The molecule has 1 N–H and O–H groups in total. The van der Waals surface area contributed by atoms with Crippen molar-refractivity contribution in [3.05, 3.63) is 29.8 Å². The van der Waals surface area contributed by atoms with Crippen LogP contribution in [-0.4, -0.2) is 45.1 Å². The Hall–Kier alpha value is -0.950. The third-order valence-electron chi connectivity index (χ3n) is 3.44. The van der Waals surface area contributed by atoms with Crippen molar-refractivity contribution in [2.24, 2.45) is 0 Å². The molecule has 0 spiro atoms. The van der Waals surface area contributed by atoms with Crippen molar-refractivity contribution >= 4 is 10.0 Å². The second kappa shape index (κ2) is 5.81. The lowest BCUT2D eigenvalue weighted by atomic mass is 10.1. The number of sulfonamides is 1. The van der Waals surface area contributed by atoms with Crippen LogP contribution in [0.1, 0.15) is 19.4 Å². The molecule has 0 saturated carbocycles. The summed E-state index contributed by atoms with van der Waals surface area (Å²) in [5, 5.41) is 3.03. The van der Waals surface area contributed by atoms with Crippen LogP contribution in [0.3, 0.4) is 0 Å². The third-order valence-corrected chi connectivity index (χ3v) is 5.54. The van der Waals surface area contributed by atoms with E-state index in [0.717, 1.165) is 5.56 Å². The van der Waals surface area contributed by atoms with Crippen molar-refractivity contribution in [3.8, 4) is 0 Å². The zero-order chi connectivity index (χ0) is 14.8. The van der Waals surface area contributed by atoms with Gasteiger partial charge in [-0.15, -0.1) is 0 Å². The summed E-state index contributed by atoms with van der Waals surface area (Å²) in [5.74, 6) is 0. The lowest BCUT2D eigenvalue weighted by molar-refractivity contribution is -0.00771. The van der Waals surface area contributed by atoms with E-state index in [2.05, 4.69) is 5.32 Å². The van der Waals surface area contributed by atoms with Crippen molar-refractivity contribution in [3.63, 3.8) is 0 Å². The molecule has 6 heteroatoms. The van der Waals surface area contributed by atoms with E-state index in [9.17, 15) is 8.42 Å². The lowest BCUT2D eigenvalue weighted by Gasteiger charge is -2.40. The van der Waals surface area contributed by atoms with Crippen LogP contribution in [0, 0.1) is 0 Å². The fraction of sp³-hybridized carbons (Fsp3) is 0.571. The van der Waals surface area contributed by atoms with Crippen molar-refractivity contribution in [1.29, 1.82) is 0 Å². The molecule has 5 nitrogen and oxygen atoms in total. The van der Waals surface area contributed by atoms with E-state index < -0.39 is 15.6 Å². The Morgan fingerprint density at radius 1 is 1.40 bits per heavy atom. The molecule has 0 amide bonds. The number of rotatable bonds is 4. The summed E-state index contributed by atoms with van der Waals surface area (Å²) in [5.41, 5.74) is 0.440. The quantitative estimate of drug-likeness (QED) is 0.907. The molecule has 0 unspecified atom stereocenters. The number of hydrogen-bond donors (Lipinski definition) is 1. The molecule has 1 heterocycles. The highest BCUT2D eigenvalue weighted by atomic mass is 32.2. The predicted octanol–water partition coefficient (Wildman–Crippen LogP) is 1.21. The smallest absolute Gasteiger partial charge is 0.243 e. The summed E-state index contributed by atoms with van der Waals surface area (Å²) in [6.07, 6.45) is 0. The number of nitrogens with one attached hydrogen (secondary N) is 1. The average Bonchev–Trinajstić information content (AvgIpc) is 2.38. The van der Waals surface area contributed by atoms with Crippen LogP contribution in [-0.2, 0) is 21.3 Å². The van der Waals surface area contributed by atoms with Gasteiger partial charge in [0.15, 0.2) is 0 Å². The molecule has 0 bridgehead atoms. The number of ether oxygens (including phenoxy) is 1. The number of hydrogen-bond acceptors (Lipinski definition) is 4. The maximum atomic E-state index is 12.8. The van der Waals surface area contributed by atoms with Crippen LogP contribution >= 0.6 is 0 Å². The minimum Gasteiger partial charge on any atom is -0.378 e. The summed E-state index contributed by atoms with van der Waals surface area (Å²) in [4.78, 5) is 0.347. The highest BCUT2D eigenvalue weighted by molar-refractivity contribution is 7.89. The van der Waals surface area contributed by atoms with Gasteiger partial charge in [0, 0.05) is 13.1 Å². The van der Waals surface area contributed by atoms with E-state index >= 15 is 0 Å². The molecule has 1 aromatic carbocycles. The molecule has 0 radical (unpaired) electrons. The molecular weight excluding hydrogens is 276 g/mol. The highest BCUT2D eigenvalue weighted by Gasteiger charge is 2.39.